The Morgan fingerprint density at radius 3 is 1.91 bits per heavy atom. The van der Waals surface area contributed by atoms with E-state index in [1.165, 1.54) is 60.7 Å². The fraction of sp³-hybridized carbons (Fsp3) is 0.205. The van der Waals surface area contributed by atoms with E-state index in [1.54, 1.807) is 24.0 Å². The molecule has 0 atom stereocenters. The van der Waals surface area contributed by atoms with Crippen molar-refractivity contribution in [3.05, 3.63) is 152 Å². The van der Waals surface area contributed by atoms with Crippen LogP contribution in [-0.2, 0) is 4.74 Å². The molecule has 0 saturated carbocycles. The second kappa shape index (κ2) is 20.3. The molecule has 0 aromatic heterocycles. The van der Waals surface area contributed by atoms with Crippen LogP contribution in [0.3, 0.4) is 0 Å². The molecule has 0 bridgehead atoms. The molecular formula is C44H34N8O6. The van der Waals surface area contributed by atoms with Crippen molar-refractivity contribution in [3.63, 3.8) is 0 Å². The maximum Gasteiger partial charge on any atom is 0.409 e. The first-order valence-corrected chi connectivity index (χ1v) is 17.7. The highest BCUT2D eigenvalue weighted by atomic mass is 16.6. The van der Waals surface area contributed by atoms with Gasteiger partial charge in [0.05, 0.1) is 65.8 Å². The lowest BCUT2D eigenvalue weighted by Gasteiger charge is -2.37. The highest BCUT2D eigenvalue weighted by molar-refractivity contribution is 5.91. The number of carboxylic acids is 2. The molecule has 286 valence electrons. The Hall–Kier alpha value is -8.43. The average molecular weight is 771 g/mol. The Kier molecular flexibility index (Phi) is 14.8. The van der Waals surface area contributed by atoms with Gasteiger partial charge in [0.2, 0.25) is 0 Å². The van der Waals surface area contributed by atoms with Gasteiger partial charge in [-0.25, -0.2) is 24.5 Å². The molecule has 2 N–H and O–H groups in total. The van der Waals surface area contributed by atoms with Crippen molar-refractivity contribution in [1.29, 1.82) is 26.3 Å². The lowest BCUT2D eigenvalue weighted by Crippen LogP contribution is -2.48. The Bertz CT molecular complexity index is 2420. The zero-order valence-corrected chi connectivity index (χ0v) is 31.2. The van der Waals surface area contributed by atoms with E-state index >= 15 is 0 Å². The monoisotopic (exact) mass is 770 g/mol. The van der Waals surface area contributed by atoms with Gasteiger partial charge in [-0.3, -0.25) is 0 Å². The van der Waals surface area contributed by atoms with Gasteiger partial charge in [-0.05, 0) is 78.5 Å². The number of hydrogen-bond donors (Lipinski definition) is 2. The number of aromatic carboxylic acids is 2. The number of hydrogen-bond acceptors (Lipinski definition) is 10. The smallest absolute Gasteiger partial charge is 0.409 e. The number of piperazine rings is 1. The summed E-state index contributed by atoms with van der Waals surface area (Å²) < 4.78 is 5.18. The van der Waals surface area contributed by atoms with Crippen LogP contribution in [0.1, 0.15) is 51.6 Å². The molecule has 58 heavy (non-hydrogen) atoms. The van der Waals surface area contributed by atoms with E-state index in [-0.39, 0.29) is 45.7 Å². The molecule has 0 spiro atoms. The number of benzene rings is 2. The lowest BCUT2D eigenvalue weighted by molar-refractivity contribution is 0.0686. The van der Waals surface area contributed by atoms with E-state index in [0.29, 0.717) is 50.1 Å². The topological polar surface area (TPSA) is 231 Å². The molecule has 2 aliphatic rings. The number of nitrogens with zero attached hydrogens (tertiary/aromatic N) is 8. The van der Waals surface area contributed by atoms with Crippen molar-refractivity contribution in [1.82, 2.24) is 9.80 Å². The summed E-state index contributed by atoms with van der Waals surface area (Å²) in [5.41, 5.74) is 3.15. The molecule has 14 heteroatoms. The van der Waals surface area contributed by atoms with Crippen molar-refractivity contribution in [2.75, 3.05) is 32.8 Å². The molecule has 4 rings (SSSR count). The molecule has 1 aliphatic heterocycles. The van der Waals surface area contributed by atoms with Crippen LogP contribution >= 0.6 is 0 Å². The third-order valence-corrected chi connectivity index (χ3v) is 9.18. The van der Waals surface area contributed by atoms with Crippen molar-refractivity contribution in [3.8, 4) is 30.3 Å². The van der Waals surface area contributed by atoms with Crippen LogP contribution in [0.5, 0.6) is 0 Å². The van der Waals surface area contributed by atoms with E-state index in [4.69, 9.17) is 11.3 Å². The number of ether oxygens (including phenoxy) is 1. The number of rotatable bonds is 12. The van der Waals surface area contributed by atoms with E-state index in [0.717, 1.165) is 16.8 Å². The minimum absolute atomic E-state index is 0.000324. The number of amides is 1. The Balaban J connectivity index is 1.79. The lowest BCUT2D eigenvalue weighted by atomic mass is 9.89. The van der Waals surface area contributed by atoms with Crippen LogP contribution in [-0.4, -0.2) is 70.8 Å². The van der Waals surface area contributed by atoms with Crippen molar-refractivity contribution in [2.24, 2.45) is 5.92 Å². The van der Waals surface area contributed by atoms with Crippen molar-refractivity contribution >= 4 is 29.2 Å². The van der Waals surface area contributed by atoms with Crippen LogP contribution in [0, 0.1) is 69.1 Å². The number of carbonyl (C=O) groups excluding carboxylic acids is 1. The Morgan fingerprint density at radius 2 is 1.41 bits per heavy atom. The molecule has 1 saturated heterocycles. The van der Waals surface area contributed by atoms with Crippen molar-refractivity contribution in [2.45, 2.75) is 19.8 Å². The summed E-state index contributed by atoms with van der Waals surface area (Å²) in [5, 5.41) is 68.2. The number of nitriles is 5. The standard InChI is InChI=1S/C44H34N8O6/c1-3-58-44(57)52-22-20-51(21-23-52)41-31(6-4-8-35(24-45)39(37(26-47)27-48)29-10-16-33(17-11-29)42(53)54)14-15-32(41)7-5-9-36(25-46)40(38(28-49)50-2)30-12-18-34(19-13-30)43(55)56/h4-13,16-19,37H,3,14-15,20-23H2,1H3,(H,53,54)(H,55,56). The second-order valence-corrected chi connectivity index (χ2v) is 12.5. The summed E-state index contributed by atoms with van der Waals surface area (Å²) in [6.07, 6.45) is 10.6. The number of carboxylic acid groups (broad SMARTS) is 2. The third-order valence-electron chi connectivity index (χ3n) is 9.18. The van der Waals surface area contributed by atoms with Crippen LogP contribution in [0.4, 0.5) is 4.79 Å². The largest absolute Gasteiger partial charge is 0.478 e. The fourth-order valence-electron chi connectivity index (χ4n) is 6.42. The highest BCUT2D eigenvalue weighted by Crippen LogP contribution is 2.36. The second-order valence-electron chi connectivity index (χ2n) is 12.5. The zero-order chi connectivity index (χ0) is 42.2. The Morgan fingerprint density at radius 1 is 0.828 bits per heavy atom. The molecule has 2 aromatic rings. The SMILES string of the molecule is [C-]#[N+]C(C#N)=C(C(C#N)=CC=CC1=C(N2CCN(C(=O)OCC)CC2)C(=CC=CC(C#N)=C(c2ccc(C(=O)O)cc2)C(C#N)C#N)CC1)c1ccc(C(=O)O)cc1. The molecule has 1 aliphatic carbocycles. The van der Waals surface area contributed by atoms with Gasteiger partial charge >= 0.3 is 18.0 Å². The molecule has 1 fully saturated rings. The van der Waals surface area contributed by atoms with E-state index < -0.39 is 23.9 Å². The molecule has 0 radical (unpaired) electrons. The summed E-state index contributed by atoms with van der Waals surface area (Å²) in [5.74, 6) is -3.63. The summed E-state index contributed by atoms with van der Waals surface area (Å²) in [6, 6.07) is 20.8. The van der Waals surface area contributed by atoms with Gasteiger partial charge in [-0.2, -0.15) is 21.0 Å². The van der Waals surface area contributed by atoms with Gasteiger partial charge in [-0.15, -0.1) is 0 Å². The summed E-state index contributed by atoms with van der Waals surface area (Å²) in [7, 11) is 0. The van der Waals surface area contributed by atoms with Crippen LogP contribution in [0.15, 0.2) is 119 Å². The van der Waals surface area contributed by atoms with Gasteiger partial charge < -0.3 is 24.7 Å². The third kappa shape index (κ3) is 10.0. The number of allylic oxidation sites excluding steroid dienone is 13. The molecule has 1 amide bonds. The zero-order valence-electron chi connectivity index (χ0n) is 31.2. The molecule has 1 heterocycles. The van der Waals surface area contributed by atoms with Gasteiger partial charge in [-0.1, -0.05) is 48.6 Å². The van der Waals surface area contributed by atoms with Crippen LogP contribution in [0.25, 0.3) is 16.0 Å². The van der Waals surface area contributed by atoms with Crippen molar-refractivity contribution < 1.29 is 29.3 Å². The molecular weight excluding hydrogens is 737 g/mol. The predicted molar refractivity (Wildman–Crippen MR) is 210 cm³/mol. The minimum atomic E-state index is -1.32. The molecule has 2 aromatic carbocycles. The van der Waals surface area contributed by atoms with Gasteiger partial charge in [0, 0.05) is 43.0 Å². The average Bonchev–Trinajstić information content (AvgIpc) is 3.65. The maximum absolute atomic E-state index is 12.5. The van der Waals surface area contributed by atoms with Crippen LogP contribution in [0.2, 0.25) is 0 Å². The fourth-order valence-corrected chi connectivity index (χ4v) is 6.42. The summed E-state index contributed by atoms with van der Waals surface area (Å²) >= 11 is 0. The van der Waals surface area contributed by atoms with E-state index in [1.807, 2.05) is 30.4 Å². The number of carbonyl (C=O) groups is 3. The van der Waals surface area contributed by atoms with Gasteiger partial charge in [0.1, 0.15) is 0 Å². The van der Waals surface area contributed by atoms with Gasteiger partial charge in [0.15, 0.2) is 5.92 Å². The van der Waals surface area contributed by atoms with E-state index in [9.17, 15) is 50.9 Å². The Labute approximate surface area is 335 Å². The van der Waals surface area contributed by atoms with E-state index in [2.05, 4.69) is 21.9 Å². The van der Waals surface area contributed by atoms with Gasteiger partial charge in [0.25, 0.3) is 5.70 Å². The highest BCUT2D eigenvalue weighted by Gasteiger charge is 2.28. The predicted octanol–water partition coefficient (Wildman–Crippen LogP) is 7.19. The molecule has 0 unspecified atom stereocenters. The maximum atomic E-state index is 12.5. The quantitative estimate of drug-likeness (QED) is 0.124. The first kappa shape index (κ1) is 42.3. The first-order valence-electron chi connectivity index (χ1n) is 17.7. The summed E-state index contributed by atoms with van der Waals surface area (Å²) in [4.78, 5) is 42.3. The normalized spacial score (nSPS) is 15.8. The van der Waals surface area contributed by atoms with Crippen LogP contribution < -0.4 is 0 Å². The molecule has 14 nitrogen and oxygen atoms in total. The summed E-state index contributed by atoms with van der Waals surface area (Å²) in [6.45, 7) is 11.2. The minimum Gasteiger partial charge on any atom is -0.478 e. The first-order chi connectivity index (χ1) is 28.0.